The predicted molar refractivity (Wildman–Crippen MR) is 124 cm³/mol. The van der Waals surface area contributed by atoms with Gasteiger partial charge in [0, 0.05) is 29.6 Å². The minimum atomic E-state index is -0.709. The van der Waals surface area contributed by atoms with Gasteiger partial charge in [0.25, 0.3) is 5.69 Å². The molecule has 8 nitrogen and oxygen atoms in total. The van der Waals surface area contributed by atoms with Crippen molar-refractivity contribution in [1.29, 1.82) is 0 Å². The molecular formula is C25H22N4O4. The van der Waals surface area contributed by atoms with Crippen LogP contribution in [0.4, 0.5) is 11.4 Å². The van der Waals surface area contributed by atoms with Crippen LogP contribution in [0.3, 0.4) is 0 Å². The van der Waals surface area contributed by atoms with E-state index < -0.39 is 10.3 Å². The molecule has 2 heterocycles. The third kappa shape index (κ3) is 3.73. The number of non-ortho nitro benzene ring substituents is 1. The Bertz CT molecular complexity index is 1320. The van der Waals surface area contributed by atoms with E-state index >= 15 is 0 Å². The van der Waals surface area contributed by atoms with Crippen LogP contribution in [-0.4, -0.2) is 20.8 Å². The molecule has 1 amide bonds. The van der Waals surface area contributed by atoms with E-state index in [9.17, 15) is 14.9 Å². The van der Waals surface area contributed by atoms with Gasteiger partial charge in [-0.2, -0.15) is 4.98 Å². The summed E-state index contributed by atoms with van der Waals surface area (Å²) >= 11 is 0. The first kappa shape index (κ1) is 20.8. The van der Waals surface area contributed by atoms with Crippen LogP contribution in [0.25, 0.3) is 22.7 Å². The maximum absolute atomic E-state index is 13.6. The van der Waals surface area contributed by atoms with Crippen LogP contribution in [0.15, 0.2) is 65.2 Å². The predicted octanol–water partition coefficient (Wildman–Crippen LogP) is 5.56. The maximum atomic E-state index is 13.6. The van der Waals surface area contributed by atoms with Crippen molar-refractivity contribution in [1.82, 2.24) is 9.97 Å². The number of benzene rings is 2. The highest BCUT2D eigenvalue weighted by molar-refractivity contribution is 6.00. The number of pyridine rings is 1. The summed E-state index contributed by atoms with van der Waals surface area (Å²) in [5, 5.41) is 14.2. The number of carbonyl (C=O) groups excluding carboxylic acids is 1. The number of rotatable bonds is 5. The molecule has 2 aromatic carbocycles. The van der Waals surface area contributed by atoms with Gasteiger partial charge in [-0.3, -0.25) is 14.9 Å². The normalized spacial score (nSPS) is 14.9. The number of anilines is 1. The standard InChI is InChI=1S/C25H22N4O4/c1-16-6-7-17(23-28-22-21(33-23)5-4-14-26-22)15-20(16)27-24(30)25(12-2-3-13-25)18-8-10-19(11-9-18)29(31)32/h4-11,14-15H,2-3,12-13H2,1H3,(H,27,30). The molecule has 166 valence electrons. The summed E-state index contributed by atoms with van der Waals surface area (Å²) in [6, 6.07) is 15.6. The van der Waals surface area contributed by atoms with Crippen LogP contribution < -0.4 is 5.32 Å². The minimum Gasteiger partial charge on any atom is -0.434 e. The second-order valence-electron chi connectivity index (χ2n) is 8.42. The first-order valence-electron chi connectivity index (χ1n) is 10.9. The van der Waals surface area contributed by atoms with Gasteiger partial charge in [0.1, 0.15) is 0 Å². The average molecular weight is 442 g/mol. The van der Waals surface area contributed by atoms with Crippen molar-refractivity contribution in [2.24, 2.45) is 0 Å². The first-order valence-corrected chi connectivity index (χ1v) is 10.9. The second kappa shape index (κ2) is 8.12. The molecule has 33 heavy (non-hydrogen) atoms. The molecule has 1 N–H and O–H groups in total. The highest BCUT2D eigenvalue weighted by Gasteiger charge is 2.43. The number of aryl methyl sites for hydroxylation is 1. The van der Waals surface area contributed by atoms with Crippen molar-refractivity contribution in [2.75, 3.05) is 5.32 Å². The zero-order chi connectivity index (χ0) is 23.0. The fourth-order valence-electron chi connectivity index (χ4n) is 4.55. The van der Waals surface area contributed by atoms with E-state index in [1.54, 1.807) is 24.4 Å². The lowest BCUT2D eigenvalue weighted by atomic mass is 9.77. The Morgan fingerprint density at radius 1 is 1.12 bits per heavy atom. The minimum absolute atomic E-state index is 0.0173. The number of oxazole rings is 1. The number of nitro groups is 1. The molecule has 5 rings (SSSR count). The van der Waals surface area contributed by atoms with Gasteiger partial charge in [0.05, 0.1) is 10.3 Å². The third-order valence-electron chi connectivity index (χ3n) is 6.42. The SMILES string of the molecule is Cc1ccc(-c2nc3ncccc3o2)cc1NC(=O)C1(c2ccc([N+](=O)[O-])cc2)CCCC1. The first-order chi connectivity index (χ1) is 16.0. The molecule has 4 aromatic rings. The van der Waals surface area contributed by atoms with Gasteiger partial charge in [-0.15, -0.1) is 0 Å². The number of nitrogens with one attached hydrogen (secondary N) is 1. The Morgan fingerprint density at radius 2 is 1.88 bits per heavy atom. The van der Waals surface area contributed by atoms with Gasteiger partial charge in [0.15, 0.2) is 11.2 Å². The highest BCUT2D eigenvalue weighted by Crippen LogP contribution is 2.43. The molecule has 0 saturated heterocycles. The van der Waals surface area contributed by atoms with Gasteiger partial charge in [-0.05, 0) is 55.2 Å². The van der Waals surface area contributed by atoms with Gasteiger partial charge in [-0.1, -0.05) is 31.0 Å². The summed E-state index contributed by atoms with van der Waals surface area (Å²) in [5.41, 5.74) is 3.58. The van der Waals surface area contributed by atoms with Gasteiger partial charge in [0.2, 0.25) is 11.8 Å². The number of hydrogen-bond donors (Lipinski definition) is 1. The summed E-state index contributed by atoms with van der Waals surface area (Å²) in [5.74, 6) is 0.332. The molecule has 0 aliphatic heterocycles. The fraction of sp³-hybridized carbons (Fsp3) is 0.240. The fourth-order valence-corrected chi connectivity index (χ4v) is 4.55. The van der Waals surface area contributed by atoms with Crippen LogP contribution in [0.2, 0.25) is 0 Å². The smallest absolute Gasteiger partial charge is 0.269 e. The van der Waals surface area contributed by atoms with Crippen LogP contribution in [-0.2, 0) is 10.2 Å². The van der Waals surface area contributed by atoms with Crippen molar-refractivity contribution in [3.05, 3.63) is 82.0 Å². The molecular weight excluding hydrogens is 420 g/mol. The zero-order valence-corrected chi connectivity index (χ0v) is 18.1. The number of amides is 1. The summed E-state index contributed by atoms with van der Waals surface area (Å²) in [7, 11) is 0. The van der Waals surface area contributed by atoms with Crippen molar-refractivity contribution >= 4 is 28.5 Å². The molecule has 0 spiro atoms. The molecule has 1 saturated carbocycles. The molecule has 0 radical (unpaired) electrons. The number of carbonyl (C=O) groups is 1. The lowest BCUT2D eigenvalue weighted by Gasteiger charge is -2.28. The van der Waals surface area contributed by atoms with Crippen LogP contribution in [0.5, 0.6) is 0 Å². The number of nitro benzene ring substituents is 1. The molecule has 2 aromatic heterocycles. The van der Waals surface area contributed by atoms with Crippen molar-refractivity contribution in [3.63, 3.8) is 0 Å². The molecule has 1 aliphatic rings. The largest absolute Gasteiger partial charge is 0.434 e. The highest BCUT2D eigenvalue weighted by atomic mass is 16.6. The number of hydrogen-bond acceptors (Lipinski definition) is 6. The monoisotopic (exact) mass is 442 g/mol. The number of nitrogens with zero attached hydrogens (tertiary/aromatic N) is 3. The summed E-state index contributed by atoms with van der Waals surface area (Å²) in [6.07, 6.45) is 4.92. The lowest BCUT2D eigenvalue weighted by Crippen LogP contribution is -2.38. The summed E-state index contributed by atoms with van der Waals surface area (Å²) in [4.78, 5) is 32.9. The summed E-state index contributed by atoms with van der Waals surface area (Å²) < 4.78 is 5.83. The molecule has 0 bridgehead atoms. The van der Waals surface area contributed by atoms with Crippen molar-refractivity contribution in [2.45, 2.75) is 38.0 Å². The number of aromatic nitrogens is 2. The lowest BCUT2D eigenvalue weighted by molar-refractivity contribution is -0.384. The molecule has 0 atom stereocenters. The van der Waals surface area contributed by atoms with Crippen molar-refractivity contribution in [3.8, 4) is 11.5 Å². The van der Waals surface area contributed by atoms with Crippen LogP contribution >= 0.6 is 0 Å². The Balaban J connectivity index is 1.46. The average Bonchev–Trinajstić information content (AvgIpc) is 3.49. The van der Waals surface area contributed by atoms with E-state index in [1.165, 1.54) is 12.1 Å². The Hall–Kier alpha value is -4.07. The number of fused-ring (bicyclic) bond motifs is 1. The van der Waals surface area contributed by atoms with E-state index in [-0.39, 0.29) is 11.6 Å². The topological polar surface area (TPSA) is 111 Å². The molecule has 1 fully saturated rings. The second-order valence-corrected chi connectivity index (χ2v) is 8.42. The van der Waals surface area contributed by atoms with Crippen LogP contribution in [0, 0.1) is 17.0 Å². The quantitative estimate of drug-likeness (QED) is 0.320. The Labute approximate surface area is 189 Å². The molecule has 8 heteroatoms. The van der Waals surface area contributed by atoms with E-state index in [1.807, 2.05) is 31.2 Å². The Morgan fingerprint density at radius 3 is 2.58 bits per heavy atom. The van der Waals surface area contributed by atoms with Crippen molar-refractivity contribution < 1.29 is 14.1 Å². The van der Waals surface area contributed by atoms with E-state index in [0.29, 0.717) is 35.6 Å². The third-order valence-corrected chi connectivity index (χ3v) is 6.42. The van der Waals surface area contributed by atoms with E-state index in [0.717, 1.165) is 29.5 Å². The van der Waals surface area contributed by atoms with Gasteiger partial charge >= 0.3 is 0 Å². The molecule has 0 unspecified atom stereocenters. The maximum Gasteiger partial charge on any atom is 0.269 e. The molecule has 1 aliphatic carbocycles. The van der Waals surface area contributed by atoms with Crippen LogP contribution in [0.1, 0.15) is 36.8 Å². The van der Waals surface area contributed by atoms with Gasteiger partial charge < -0.3 is 9.73 Å². The summed E-state index contributed by atoms with van der Waals surface area (Å²) in [6.45, 7) is 1.93. The van der Waals surface area contributed by atoms with E-state index in [4.69, 9.17) is 4.42 Å². The van der Waals surface area contributed by atoms with E-state index in [2.05, 4.69) is 15.3 Å². The Kier molecular flexibility index (Phi) is 5.12. The zero-order valence-electron chi connectivity index (χ0n) is 18.1. The van der Waals surface area contributed by atoms with Gasteiger partial charge in [-0.25, -0.2) is 4.98 Å².